The lowest BCUT2D eigenvalue weighted by atomic mass is 10.1. The van der Waals surface area contributed by atoms with E-state index in [1.54, 1.807) is 37.4 Å². The van der Waals surface area contributed by atoms with Crippen molar-refractivity contribution in [1.82, 2.24) is 15.1 Å². The Labute approximate surface area is 239 Å². The van der Waals surface area contributed by atoms with Gasteiger partial charge in [-0.25, -0.2) is 0 Å². The van der Waals surface area contributed by atoms with Gasteiger partial charge in [-0.15, -0.1) is 10.2 Å². The fourth-order valence-electron chi connectivity index (χ4n) is 4.30. The molecule has 210 valence electrons. The summed E-state index contributed by atoms with van der Waals surface area (Å²) < 4.78 is 10.7. The third-order valence-electron chi connectivity index (χ3n) is 6.46. The van der Waals surface area contributed by atoms with Crippen LogP contribution < -0.4 is 15.0 Å². The van der Waals surface area contributed by atoms with E-state index in [-0.39, 0.29) is 34.4 Å². The summed E-state index contributed by atoms with van der Waals surface area (Å²) in [6.07, 6.45) is 0. The SMILES string of the molecule is COc1ccc(C(=O)N2CCN(c3ccc(NC(=O)CSc4nnc(-c5cccc([N+](=O)[O-])c5)o4)cc3)CC2)cc1. The van der Waals surface area contributed by atoms with Crippen LogP contribution in [0.25, 0.3) is 11.5 Å². The number of hydrogen-bond acceptors (Lipinski definition) is 10. The first kappa shape index (κ1) is 27.6. The summed E-state index contributed by atoms with van der Waals surface area (Å²) in [5.74, 6) is 0.652. The Morgan fingerprint density at radius 1 is 1.02 bits per heavy atom. The molecule has 0 atom stereocenters. The molecule has 1 aromatic heterocycles. The summed E-state index contributed by atoms with van der Waals surface area (Å²) in [5, 5.41) is 21.8. The van der Waals surface area contributed by atoms with Gasteiger partial charge in [0.1, 0.15) is 5.75 Å². The fraction of sp³-hybridized carbons (Fsp3) is 0.214. The average molecular weight is 575 g/mol. The third kappa shape index (κ3) is 6.81. The van der Waals surface area contributed by atoms with Gasteiger partial charge < -0.3 is 24.3 Å². The predicted molar refractivity (Wildman–Crippen MR) is 153 cm³/mol. The van der Waals surface area contributed by atoms with Gasteiger partial charge in [0.15, 0.2) is 0 Å². The van der Waals surface area contributed by atoms with Gasteiger partial charge in [-0.05, 0) is 54.6 Å². The number of methoxy groups -OCH3 is 1. The van der Waals surface area contributed by atoms with E-state index in [1.165, 1.54) is 18.2 Å². The Bertz CT molecular complexity index is 1530. The maximum absolute atomic E-state index is 12.8. The molecule has 0 saturated carbocycles. The number of nitro groups is 1. The van der Waals surface area contributed by atoms with Gasteiger partial charge in [0, 0.05) is 60.8 Å². The Morgan fingerprint density at radius 3 is 2.44 bits per heavy atom. The molecule has 5 rings (SSSR count). The van der Waals surface area contributed by atoms with Crippen LogP contribution in [0.5, 0.6) is 5.75 Å². The molecule has 0 bridgehead atoms. The normalized spacial score (nSPS) is 13.1. The Hall–Kier alpha value is -4.91. The molecule has 4 aromatic rings. The molecule has 41 heavy (non-hydrogen) atoms. The highest BCUT2D eigenvalue weighted by atomic mass is 32.2. The van der Waals surface area contributed by atoms with Crippen molar-refractivity contribution in [2.45, 2.75) is 5.22 Å². The van der Waals surface area contributed by atoms with Crippen molar-refractivity contribution in [3.8, 4) is 17.2 Å². The van der Waals surface area contributed by atoms with Gasteiger partial charge in [-0.2, -0.15) is 0 Å². The lowest BCUT2D eigenvalue weighted by Gasteiger charge is -2.36. The lowest BCUT2D eigenvalue weighted by Crippen LogP contribution is -2.48. The van der Waals surface area contributed by atoms with Gasteiger partial charge >= 0.3 is 0 Å². The van der Waals surface area contributed by atoms with E-state index in [0.717, 1.165) is 17.4 Å². The first-order valence-corrected chi connectivity index (χ1v) is 13.7. The zero-order valence-electron chi connectivity index (χ0n) is 22.1. The average Bonchev–Trinajstić information content (AvgIpc) is 3.49. The minimum Gasteiger partial charge on any atom is -0.497 e. The number of ether oxygens (including phenoxy) is 1. The lowest BCUT2D eigenvalue weighted by molar-refractivity contribution is -0.384. The third-order valence-corrected chi connectivity index (χ3v) is 7.28. The Balaban J connectivity index is 1.08. The summed E-state index contributed by atoms with van der Waals surface area (Å²) in [6.45, 7) is 2.62. The van der Waals surface area contributed by atoms with Gasteiger partial charge in [-0.1, -0.05) is 17.8 Å². The Kier molecular flexibility index (Phi) is 8.44. The molecule has 1 aliphatic heterocycles. The van der Waals surface area contributed by atoms with E-state index < -0.39 is 4.92 Å². The van der Waals surface area contributed by atoms with Gasteiger partial charge in [0.25, 0.3) is 16.8 Å². The number of carbonyl (C=O) groups is 2. The topological polar surface area (TPSA) is 144 Å². The molecular formula is C28H26N6O6S. The van der Waals surface area contributed by atoms with Crippen LogP contribution in [-0.2, 0) is 4.79 Å². The van der Waals surface area contributed by atoms with Crippen LogP contribution in [0, 0.1) is 10.1 Å². The van der Waals surface area contributed by atoms with E-state index in [2.05, 4.69) is 20.4 Å². The number of nitrogens with zero attached hydrogens (tertiary/aromatic N) is 5. The van der Waals surface area contributed by atoms with Gasteiger partial charge in [-0.3, -0.25) is 19.7 Å². The summed E-state index contributed by atoms with van der Waals surface area (Å²) in [6, 6.07) is 20.6. The highest BCUT2D eigenvalue weighted by Gasteiger charge is 2.22. The number of carbonyl (C=O) groups excluding carboxylic acids is 2. The molecule has 0 spiro atoms. The number of nitrogens with one attached hydrogen (secondary N) is 1. The number of nitro benzene ring substituents is 1. The predicted octanol–water partition coefficient (Wildman–Crippen LogP) is 4.35. The Morgan fingerprint density at radius 2 is 1.76 bits per heavy atom. The number of piperazine rings is 1. The van der Waals surface area contributed by atoms with Crippen LogP contribution in [0.2, 0.25) is 0 Å². The molecule has 2 heterocycles. The van der Waals surface area contributed by atoms with E-state index in [1.807, 2.05) is 29.2 Å². The standard InChI is InChI=1S/C28H26N6O6S/c1-39-24-11-5-19(6-12-24)27(36)33-15-13-32(14-16-33)22-9-7-21(8-10-22)29-25(35)18-41-28-31-30-26(40-28)20-3-2-4-23(17-20)34(37)38/h2-12,17H,13-16,18H2,1H3,(H,29,35). The molecule has 0 aliphatic carbocycles. The van der Waals surface area contributed by atoms with Crippen molar-refractivity contribution in [2.75, 3.05) is 49.3 Å². The van der Waals surface area contributed by atoms with E-state index in [0.29, 0.717) is 48.7 Å². The van der Waals surface area contributed by atoms with Crippen molar-refractivity contribution in [3.63, 3.8) is 0 Å². The maximum Gasteiger partial charge on any atom is 0.277 e. The number of rotatable bonds is 9. The molecule has 1 N–H and O–H groups in total. The second kappa shape index (κ2) is 12.5. The van der Waals surface area contributed by atoms with Crippen LogP contribution in [-0.4, -0.2) is 70.9 Å². The van der Waals surface area contributed by atoms with Crippen LogP contribution >= 0.6 is 11.8 Å². The number of anilines is 2. The van der Waals surface area contributed by atoms with Crippen LogP contribution in [0.15, 0.2) is 82.4 Å². The highest BCUT2D eigenvalue weighted by Crippen LogP contribution is 2.26. The maximum atomic E-state index is 12.8. The van der Waals surface area contributed by atoms with Crippen molar-refractivity contribution >= 4 is 40.6 Å². The zero-order valence-corrected chi connectivity index (χ0v) is 22.9. The summed E-state index contributed by atoms with van der Waals surface area (Å²) in [5.41, 5.74) is 2.64. The van der Waals surface area contributed by atoms with Gasteiger partial charge in [0.05, 0.1) is 17.8 Å². The van der Waals surface area contributed by atoms with E-state index in [4.69, 9.17) is 9.15 Å². The fourth-order valence-corrected chi connectivity index (χ4v) is 4.86. The minimum absolute atomic E-state index is 0.00373. The number of non-ortho nitro benzene ring substituents is 1. The second-order valence-corrected chi connectivity index (χ2v) is 10.00. The van der Waals surface area contributed by atoms with E-state index >= 15 is 0 Å². The molecule has 1 fully saturated rings. The molecule has 13 heteroatoms. The molecule has 3 aromatic carbocycles. The number of thioether (sulfide) groups is 1. The summed E-state index contributed by atoms with van der Waals surface area (Å²) >= 11 is 1.07. The number of hydrogen-bond donors (Lipinski definition) is 1. The van der Waals surface area contributed by atoms with Gasteiger partial charge in [0.2, 0.25) is 11.8 Å². The molecule has 0 radical (unpaired) electrons. The van der Waals surface area contributed by atoms with Crippen LogP contribution in [0.4, 0.5) is 17.1 Å². The van der Waals surface area contributed by atoms with Crippen molar-refractivity contribution in [3.05, 3.63) is 88.5 Å². The van der Waals surface area contributed by atoms with Crippen LogP contribution in [0.3, 0.4) is 0 Å². The van der Waals surface area contributed by atoms with Crippen LogP contribution in [0.1, 0.15) is 10.4 Å². The quantitative estimate of drug-likeness (QED) is 0.174. The smallest absolute Gasteiger partial charge is 0.277 e. The molecule has 0 unspecified atom stereocenters. The molecule has 12 nitrogen and oxygen atoms in total. The van der Waals surface area contributed by atoms with Crippen molar-refractivity contribution in [1.29, 1.82) is 0 Å². The largest absolute Gasteiger partial charge is 0.497 e. The van der Waals surface area contributed by atoms with Crippen molar-refractivity contribution < 1.29 is 23.7 Å². The minimum atomic E-state index is -0.500. The molecular weight excluding hydrogens is 548 g/mol. The first-order chi connectivity index (χ1) is 19.9. The molecule has 1 aliphatic rings. The highest BCUT2D eigenvalue weighted by molar-refractivity contribution is 7.99. The molecule has 2 amide bonds. The van der Waals surface area contributed by atoms with Crippen molar-refractivity contribution in [2.24, 2.45) is 0 Å². The zero-order chi connectivity index (χ0) is 28.8. The molecule has 1 saturated heterocycles. The second-order valence-electron chi connectivity index (χ2n) is 9.07. The first-order valence-electron chi connectivity index (χ1n) is 12.7. The summed E-state index contributed by atoms with van der Waals surface area (Å²) in [7, 11) is 1.59. The summed E-state index contributed by atoms with van der Waals surface area (Å²) in [4.78, 5) is 39.8. The number of amides is 2. The number of aromatic nitrogens is 2. The number of benzene rings is 3. The monoisotopic (exact) mass is 574 g/mol. The van der Waals surface area contributed by atoms with E-state index in [9.17, 15) is 19.7 Å².